The lowest BCUT2D eigenvalue weighted by Crippen LogP contribution is -2.30. The molecular weight excluding hydrogens is 348 g/mol. The molecule has 0 saturated carbocycles. The van der Waals surface area contributed by atoms with Crippen molar-refractivity contribution in [2.45, 2.75) is 32.7 Å². The van der Waals surface area contributed by atoms with Gasteiger partial charge in [0.05, 0.1) is 32.7 Å². The summed E-state index contributed by atoms with van der Waals surface area (Å²) in [7, 11) is 4.56. The van der Waals surface area contributed by atoms with Gasteiger partial charge < -0.3 is 24.8 Å². The molecule has 2 N–H and O–H groups in total. The van der Waals surface area contributed by atoms with E-state index in [2.05, 4.69) is 41.4 Å². The van der Waals surface area contributed by atoms with Crippen LogP contribution in [0.2, 0.25) is 0 Å². The number of nitrogens with one attached hydrogen (secondary N) is 2. The zero-order valence-corrected chi connectivity index (χ0v) is 16.5. The Morgan fingerprint density at radius 1 is 1.07 bits per heavy atom. The van der Waals surface area contributed by atoms with E-state index in [1.54, 1.807) is 18.3 Å². The van der Waals surface area contributed by atoms with Crippen molar-refractivity contribution in [2.75, 3.05) is 26.6 Å². The van der Waals surface area contributed by atoms with Gasteiger partial charge in [0.25, 0.3) is 0 Å². The highest BCUT2D eigenvalue weighted by Crippen LogP contribution is 2.39. The summed E-state index contributed by atoms with van der Waals surface area (Å²) >= 11 is 0. The number of methoxy groups -OCH3 is 3. The topological polar surface area (TPSA) is 94.6 Å². The summed E-state index contributed by atoms with van der Waals surface area (Å²) in [5.74, 6) is 1.37. The SMILES string of the molecule is COc1cc(NC(=O)NCc2cncnc2C(C)(C)C)cc(OC)c1OC. The number of rotatable bonds is 6. The highest BCUT2D eigenvalue weighted by atomic mass is 16.5. The van der Waals surface area contributed by atoms with Gasteiger partial charge in [0.2, 0.25) is 5.75 Å². The van der Waals surface area contributed by atoms with Crippen LogP contribution in [0, 0.1) is 0 Å². The van der Waals surface area contributed by atoms with Gasteiger partial charge in [0, 0.05) is 35.9 Å². The summed E-state index contributed by atoms with van der Waals surface area (Å²) in [5, 5.41) is 5.59. The second kappa shape index (κ2) is 8.57. The molecule has 1 heterocycles. The Balaban J connectivity index is 2.11. The number of carbonyl (C=O) groups is 1. The summed E-state index contributed by atoms with van der Waals surface area (Å²) < 4.78 is 15.9. The average molecular weight is 374 g/mol. The maximum atomic E-state index is 12.3. The molecular formula is C19H26N4O4. The first-order valence-corrected chi connectivity index (χ1v) is 8.44. The van der Waals surface area contributed by atoms with Crippen molar-refractivity contribution in [3.8, 4) is 17.2 Å². The molecule has 1 aromatic heterocycles. The zero-order valence-electron chi connectivity index (χ0n) is 16.5. The molecule has 0 aliphatic rings. The fourth-order valence-corrected chi connectivity index (χ4v) is 2.67. The van der Waals surface area contributed by atoms with E-state index in [0.29, 0.717) is 29.5 Å². The van der Waals surface area contributed by atoms with Gasteiger partial charge in [-0.05, 0) is 0 Å². The molecule has 2 rings (SSSR count). The number of urea groups is 1. The summed E-state index contributed by atoms with van der Waals surface area (Å²) in [5.41, 5.74) is 2.13. The maximum absolute atomic E-state index is 12.3. The molecule has 0 unspecified atom stereocenters. The van der Waals surface area contributed by atoms with Crippen molar-refractivity contribution in [2.24, 2.45) is 0 Å². The van der Waals surface area contributed by atoms with Crippen LogP contribution in [0.4, 0.5) is 10.5 Å². The van der Waals surface area contributed by atoms with Crippen LogP contribution in [0.3, 0.4) is 0 Å². The van der Waals surface area contributed by atoms with E-state index >= 15 is 0 Å². The number of carbonyl (C=O) groups excluding carboxylic acids is 1. The van der Waals surface area contributed by atoms with Gasteiger partial charge in [0.15, 0.2) is 11.5 Å². The summed E-state index contributed by atoms with van der Waals surface area (Å²) in [4.78, 5) is 20.7. The quantitative estimate of drug-likeness (QED) is 0.807. The fourth-order valence-electron chi connectivity index (χ4n) is 2.67. The first-order valence-electron chi connectivity index (χ1n) is 8.44. The minimum Gasteiger partial charge on any atom is -0.493 e. The van der Waals surface area contributed by atoms with Gasteiger partial charge in [-0.1, -0.05) is 20.8 Å². The van der Waals surface area contributed by atoms with E-state index in [9.17, 15) is 4.79 Å². The standard InChI is InChI=1S/C19H26N4O4/c1-19(2,3)17-12(9-20-11-22-17)10-21-18(24)23-13-7-14(25-4)16(27-6)15(8-13)26-5/h7-9,11H,10H2,1-6H3,(H2,21,23,24). The van der Waals surface area contributed by atoms with E-state index < -0.39 is 0 Å². The van der Waals surface area contributed by atoms with Gasteiger partial charge in [-0.3, -0.25) is 0 Å². The van der Waals surface area contributed by atoms with Crippen molar-refractivity contribution in [3.05, 3.63) is 35.9 Å². The predicted molar refractivity (Wildman–Crippen MR) is 103 cm³/mol. The number of nitrogens with zero attached hydrogens (tertiary/aromatic N) is 2. The summed E-state index contributed by atoms with van der Waals surface area (Å²) in [6, 6.07) is 2.95. The number of anilines is 1. The Labute approximate surface area is 159 Å². The van der Waals surface area contributed by atoms with Crippen molar-refractivity contribution < 1.29 is 19.0 Å². The molecule has 1 aromatic carbocycles. The lowest BCUT2D eigenvalue weighted by molar-refractivity contribution is 0.251. The normalized spacial score (nSPS) is 10.9. The van der Waals surface area contributed by atoms with Crippen molar-refractivity contribution in [1.82, 2.24) is 15.3 Å². The van der Waals surface area contributed by atoms with E-state index in [4.69, 9.17) is 14.2 Å². The van der Waals surface area contributed by atoms with Gasteiger partial charge >= 0.3 is 6.03 Å². The lowest BCUT2D eigenvalue weighted by atomic mass is 9.89. The number of hydrogen-bond donors (Lipinski definition) is 2. The Kier molecular flexibility index (Phi) is 6.44. The minimum atomic E-state index is -0.368. The number of aromatic nitrogens is 2. The fraction of sp³-hybridized carbons (Fsp3) is 0.421. The Morgan fingerprint density at radius 3 is 2.22 bits per heavy atom. The van der Waals surface area contributed by atoms with Crippen molar-refractivity contribution >= 4 is 11.7 Å². The first kappa shape index (κ1) is 20.3. The van der Waals surface area contributed by atoms with Crippen LogP contribution in [0.5, 0.6) is 17.2 Å². The first-order chi connectivity index (χ1) is 12.8. The molecule has 27 heavy (non-hydrogen) atoms. The molecule has 2 aromatic rings. The number of amides is 2. The second-order valence-corrected chi connectivity index (χ2v) is 6.87. The molecule has 146 valence electrons. The number of ether oxygens (including phenoxy) is 3. The van der Waals surface area contributed by atoms with E-state index in [-0.39, 0.29) is 11.4 Å². The van der Waals surface area contributed by atoms with E-state index in [0.717, 1.165) is 11.3 Å². The van der Waals surface area contributed by atoms with Crippen LogP contribution >= 0.6 is 0 Å². The molecule has 0 saturated heterocycles. The van der Waals surface area contributed by atoms with E-state index in [1.807, 2.05) is 0 Å². The molecule has 0 aliphatic carbocycles. The molecule has 0 bridgehead atoms. The van der Waals surface area contributed by atoms with Crippen LogP contribution in [0.25, 0.3) is 0 Å². The minimum absolute atomic E-state index is 0.146. The van der Waals surface area contributed by atoms with Gasteiger partial charge in [-0.25, -0.2) is 14.8 Å². The lowest BCUT2D eigenvalue weighted by Gasteiger charge is -2.21. The van der Waals surface area contributed by atoms with Crippen molar-refractivity contribution in [1.29, 1.82) is 0 Å². The Bertz CT molecular complexity index is 778. The molecule has 0 aliphatic heterocycles. The van der Waals surface area contributed by atoms with Crippen molar-refractivity contribution in [3.63, 3.8) is 0 Å². The second-order valence-electron chi connectivity index (χ2n) is 6.87. The summed E-state index contributed by atoms with van der Waals surface area (Å²) in [6.45, 7) is 6.50. The summed E-state index contributed by atoms with van der Waals surface area (Å²) in [6.07, 6.45) is 3.23. The molecule has 0 fully saturated rings. The predicted octanol–water partition coefficient (Wildman–Crippen LogP) is 3.12. The monoisotopic (exact) mass is 374 g/mol. The Hall–Kier alpha value is -3.03. The Morgan fingerprint density at radius 2 is 1.70 bits per heavy atom. The van der Waals surface area contributed by atoms with Gasteiger partial charge in [-0.2, -0.15) is 0 Å². The van der Waals surface area contributed by atoms with Crippen LogP contribution in [0.1, 0.15) is 32.0 Å². The molecule has 0 radical (unpaired) electrons. The van der Waals surface area contributed by atoms with E-state index in [1.165, 1.54) is 27.7 Å². The highest BCUT2D eigenvalue weighted by molar-refractivity contribution is 5.90. The molecule has 2 amide bonds. The van der Waals surface area contributed by atoms with Crippen LogP contribution in [-0.2, 0) is 12.0 Å². The number of hydrogen-bond acceptors (Lipinski definition) is 6. The largest absolute Gasteiger partial charge is 0.493 e. The van der Waals surface area contributed by atoms with Gasteiger partial charge in [0.1, 0.15) is 6.33 Å². The smallest absolute Gasteiger partial charge is 0.319 e. The highest BCUT2D eigenvalue weighted by Gasteiger charge is 2.20. The van der Waals surface area contributed by atoms with Gasteiger partial charge in [-0.15, -0.1) is 0 Å². The van der Waals surface area contributed by atoms with Crippen LogP contribution in [0.15, 0.2) is 24.7 Å². The zero-order chi connectivity index (χ0) is 20.0. The average Bonchev–Trinajstić information content (AvgIpc) is 2.65. The molecule has 8 heteroatoms. The van der Waals surface area contributed by atoms with Crippen LogP contribution in [-0.4, -0.2) is 37.3 Å². The molecule has 8 nitrogen and oxygen atoms in total. The van der Waals surface area contributed by atoms with Crippen LogP contribution < -0.4 is 24.8 Å². The third kappa shape index (κ3) is 4.99. The maximum Gasteiger partial charge on any atom is 0.319 e. The number of benzene rings is 1. The third-order valence-corrected chi connectivity index (χ3v) is 3.86. The molecule has 0 spiro atoms. The third-order valence-electron chi connectivity index (χ3n) is 3.86. The molecule has 0 atom stereocenters.